The van der Waals surface area contributed by atoms with Gasteiger partial charge in [-0.25, -0.2) is 18.9 Å². The van der Waals surface area contributed by atoms with Gasteiger partial charge in [0.2, 0.25) is 4.96 Å². The fourth-order valence-corrected chi connectivity index (χ4v) is 5.53. The van der Waals surface area contributed by atoms with Crippen LogP contribution >= 0.6 is 22.7 Å². The van der Waals surface area contributed by atoms with Crippen molar-refractivity contribution in [1.29, 1.82) is 0 Å². The van der Waals surface area contributed by atoms with Gasteiger partial charge < -0.3 is 23.5 Å². The molecule has 0 bridgehead atoms. The number of thiazole rings is 1. The summed E-state index contributed by atoms with van der Waals surface area (Å²) in [6, 6.07) is 5.53. The third kappa shape index (κ3) is 4.32. The second kappa shape index (κ2) is 9.10. The van der Waals surface area contributed by atoms with Crippen LogP contribution in [0.15, 0.2) is 34.2 Å². The summed E-state index contributed by atoms with van der Waals surface area (Å²) >= 11 is 2.82. The molecule has 35 heavy (non-hydrogen) atoms. The summed E-state index contributed by atoms with van der Waals surface area (Å²) < 4.78 is 38.3. The van der Waals surface area contributed by atoms with Gasteiger partial charge in [0, 0.05) is 30.6 Å². The molecule has 1 atom stereocenters. The minimum absolute atomic E-state index is 0.317. The molecule has 5 aromatic rings. The minimum Gasteiger partial charge on any atom is -0.496 e. The molecule has 1 aliphatic rings. The van der Waals surface area contributed by atoms with Crippen LogP contribution in [0.1, 0.15) is 23.8 Å². The van der Waals surface area contributed by atoms with E-state index < -0.39 is 6.17 Å². The van der Waals surface area contributed by atoms with Gasteiger partial charge in [-0.05, 0) is 13.0 Å². The molecule has 4 aromatic heterocycles. The van der Waals surface area contributed by atoms with Gasteiger partial charge in [0.15, 0.2) is 22.1 Å². The lowest BCUT2D eigenvalue weighted by atomic mass is 10.2. The standard InChI is InChI=1S/C23H22FN5O4S2/c1-13(24)21-27-29-10-17(26-23(29)35-21)20-9-16-18(7-15(30-2)8-19(16)33-20)32-11-14-12-34-22(25-14)28-3-5-31-6-4-28/h7-10,12-13H,3-6,11H2,1-2H3. The van der Waals surface area contributed by atoms with Gasteiger partial charge in [-0.15, -0.1) is 11.3 Å². The van der Waals surface area contributed by atoms with E-state index in [9.17, 15) is 4.39 Å². The lowest BCUT2D eigenvalue weighted by molar-refractivity contribution is 0.122. The maximum absolute atomic E-state index is 13.6. The number of fused-ring (bicyclic) bond motifs is 2. The number of rotatable bonds is 7. The topological polar surface area (TPSA) is 87.2 Å². The molecule has 0 saturated carbocycles. The Kier molecular flexibility index (Phi) is 5.78. The number of furan rings is 1. The first-order valence-corrected chi connectivity index (χ1v) is 12.8. The number of methoxy groups -OCH3 is 1. The van der Waals surface area contributed by atoms with Crippen LogP contribution < -0.4 is 14.4 Å². The summed E-state index contributed by atoms with van der Waals surface area (Å²) in [6.07, 6.45) is 0.599. The van der Waals surface area contributed by atoms with Crippen LogP contribution in [-0.4, -0.2) is 53.0 Å². The van der Waals surface area contributed by atoms with Crippen molar-refractivity contribution in [3.05, 3.63) is 40.5 Å². The average Bonchev–Trinajstić information content (AvgIpc) is 3.65. The second-order valence-corrected chi connectivity index (χ2v) is 9.89. The molecule has 5 heterocycles. The third-order valence-corrected chi connectivity index (χ3v) is 7.68. The Labute approximate surface area is 207 Å². The van der Waals surface area contributed by atoms with Crippen molar-refractivity contribution in [2.24, 2.45) is 0 Å². The lowest BCUT2D eigenvalue weighted by Gasteiger charge is -2.26. The Hall–Kier alpha value is -3.22. The number of benzene rings is 1. The number of alkyl halides is 1. The van der Waals surface area contributed by atoms with Crippen LogP contribution in [0.5, 0.6) is 11.5 Å². The number of halogens is 1. The quantitative estimate of drug-likeness (QED) is 0.295. The first kappa shape index (κ1) is 22.3. The van der Waals surface area contributed by atoms with Crippen molar-refractivity contribution in [2.45, 2.75) is 19.7 Å². The molecular weight excluding hydrogens is 493 g/mol. The van der Waals surface area contributed by atoms with Gasteiger partial charge in [-0.2, -0.15) is 5.10 Å². The maximum atomic E-state index is 13.6. The van der Waals surface area contributed by atoms with Crippen LogP contribution in [0.3, 0.4) is 0 Å². The van der Waals surface area contributed by atoms with E-state index in [-0.39, 0.29) is 0 Å². The monoisotopic (exact) mass is 515 g/mol. The Balaban J connectivity index is 1.27. The van der Waals surface area contributed by atoms with Gasteiger partial charge in [0.1, 0.15) is 29.4 Å². The van der Waals surface area contributed by atoms with Gasteiger partial charge in [-0.1, -0.05) is 11.3 Å². The second-order valence-electron chi connectivity index (χ2n) is 8.07. The number of anilines is 1. The predicted octanol–water partition coefficient (Wildman–Crippen LogP) is 5.12. The summed E-state index contributed by atoms with van der Waals surface area (Å²) in [5.74, 6) is 1.81. The summed E-state index contributed by atoms with van der Waals surface area (Å²) in [4.78, 5) is 12.1. The van der Waals surface area contributed by atoms with Crippen molar-refractivity contribution >= 4 is 43.7 Å². The van der Waals surface area contributed by atoms with E-state index in [2.05, 4.69) is 15.0 Å². The molecule has 0 spiro atoms. The molecular formula is C23H22FN5O4S2. The highest BCUT2D eigenvalue weighted by molar-refractivity contribution is 7.16. The highest BCUT2D eigenvalue weighted by Gasteiger charge is 2.19. The van der Waals surface area contributed by atoms with E-state index >= 15 is 0 Å². The third-order valence-electron chi connectivity index (χ3n) is 5.66. The first-order valence-electron chi connectivity index (χ1n) is 11.1. The van der Waals surface area contributed by atoms with Crippen molar-refractivity contribution < 1.29 is 23.0 Å². The number of morpholine rings is 1. The van der Waals surface area contributed by atoms with E-state index in [0.717, 1.165) is 42.5 Å². The van der Waals surface area contributed by atoms with Crippen molar-refractivity contribution in [1.82, 2.24) is 19.6 Å². The highest BCUT2D eigenvalue weighted by Crippen LogP contribution is 2.37. The number of imidazole rings is 1. The molecule has 12 heteroatoms. The lowest BCUT2D eigenvalue weighted by Crippen LogP contribution is -2.36. The zero-order valence-electron chi connectivity index (χ0n) is 19.1. The molecule has 1 aliphatic heterocycles. The van der Waals surface area contributed by atoms with Crippen molar-refractivity contribution in [3.63, 3.8) is 0 Å². The molecule has 1 unspecified atom stereocenters. The van der Waals surface area contributed by atoms with Crippen molar-refractivity contribution in [3.8, 4) is 23.0 Å². The van der Waals surface area contributed by atoms with Crippen LogP contribution in [-0.2, 0) is 11.3 Å². The average molecular weight is 516 g/mol. The normalized spacial score (nSPS) is 15.2. The number of ether oxygens (including phenoxy) is 3. The Morgan fingerprint density at radius 2 is 2.06 bits per heavy atom. The van der Waals surface area contributed by atoms with Crippen molar-refractivity contribution in [2.75, 3.05) is 38.3 Å². The van der Waals surface area contributed by atoms with Gasteiger partial charge in [0.05, 0.1) is 37.6 Å². The molecule has 1 saturated heterocycles. The van der Waals surface area contributed by atoms with Crippen LogP contribution in [0.25, 0.3) is 27.4 Å². The van der Waals surface area contributed by atoms with E-state index in [1.807, 2.05) is 23.6 Å². The Morgan fingerprint density at radius 1 is 1.20 bits per heavy atom. The molecule has 182 valence electrons. The van der Waals surface area contributed by atoms with Crippen LogP contribution in [0, 0.1) is 0 Å². The van der Waals surface area contributed by atoms with E-state index in [4.69, 9.17) is 23.6 Å². The molecule has 6 rings (SSSR count). The number of nitrogens with zero attached hydrogens (tertiary/aromatic N) is 5. The van der Waals surface area contributed by atoms with Gasteiger partial charge in [0.25, 0.3) is 0 Å². The smallest absolute Gasteiger partial charge is 0.212 e. The zero-order chi connectivity index (χ0) is 23.9. The fourth-order valence-electron chi connectivity index (χ4n) is 3.86. The fraction of sp³-hybridized carbons (Fsp3) is 0.348. The molecule has 0 N–H and O–H groups in total. The van der Waals surface area contributed by atoms with Gasteiger partial charge >= 0.3 is 0 Å². The largest absolute Gasteiger partial charge is 0.496 e. The van der Waals surface area contributed by atoms with Crippen LogP contribution in [0.4, 0.5) is 9.52 Å². The first-order chi connectivity index (χ1) is 17.1. The number of aromatic nitrogens is 4. The molecule has 9 nitrogen and oxygen atoms in total. The summed E-state index contributed by atoms with van der Waals surface area (Å²) in [5, 5.41) is 8.43. The summed E-state index contributed by atoms with van der Waals surface area (Å²) in [7, 11) is 1.60. The molecule has 0 amide bonds. The van der Waals surface area contributed by atoms with E-state index in [0.29, 0.717) is 45.1 Å². The maximum Gasteiger partial charge on any atom is 0.212 e. The molecule has 0 radical (unpaired) electrons. The zero-order valence-corrected chi connectivity index (χ0v) is 20.7. The number of hydrogen-bond acceptors (Lipinski definition) is 10. The Bertz CT molecular complexity index is 1450. The Morgan fingerprint density at radius 3 is 2.83 bits per heavy atom. The molecule has 1 aromatic carbocycles. The predicted molar refractivity (Wildman–Crippen MR) is 132 cm³/mol. The minimum atomic E-state index is -1.13. The van der Waals surface area contributed by atoms with Crippen LogP contribution in [0.2, 0.25) is 0 Å². The highest BCUT2D eigenvalue weighted by atomic mass is 32.1. The van der Waals surface area contributed by atoms with Gasteiger partial charge in [-0.3, -0.25) is 0 Å². The molecule has 0 aliphatic carbocycles. The van der Waals surface area contributed by atoms with E-state index in [1.165, 1.54) is 18.3 Å². The summed E-state index contributed by atoms with van der Waals surface area (Å²) in [6.45, 7) is 4.91. The SMILES string of the molecule is COc1cc(OCc2csc(N3CCOCC3)n2)c2cc(-c3cn4nc(C(C)F)sc4n3)oc2c1. The number of hydrogen-bond donors (Lipinski definition) is 0. The summed E-state index contributed by atoms with van der Waals surface area (Å²) in [5.41, 5.74) is 2.08. The van der Waals surface area contributed by atoms with E-state index in [1.54, 1.807) is 29.2 Å². The molecule has 1 fully saturated rings.